The third-order valence-corrected chi connectivity index (χ3v) is 0. The quantitative estimate of drug-likeness (QED) is 0.479. The molecule has 0 aromatic rings. The van der Waals surface area contributed by atoms with Crippen LogP contribution in [0.1, 0.15) is 0 Å². The largest absolute Gasteiger partial charge is 4.00 e. The molecule has 0 aliphatic heterocycles. The monoisotopic (exact) mass is 294 g/mol. The molecule has 0 saturated carbocycles. The van der Waals surface area contributed by atoms with E-state index in [2.05, 4.69) is 0 Å². The van der Waals surface area contributed by atoms with Crippen LogP contribution in [0.5, 0.6) is 0 Å². The second-order valence-electron chi connectivity index (χ2n) is 0. The minimum absolute atomic E-state index is 0. The van der Waals surface area contributed by atoms with Gasteiger partial charge < -0.3 is 27.4 Å². The number of rotatable bonds is 0. The van der Waals surface area contributed by atoms with Gasteiger partial charge in [0.2, 0.25) is 0 Å². The molecule has 0 aromatic carbocycles. The third kappa shape index (κ3) is 101. The summed E-state index contributed by atoms with van der Waals surface area (Å²) in [4.78, 5) is 0. The second-order valence-corrected chi connectivity index (χ2v) is 0. The van der Waals surface area contributed by atoms with Crippen molar-refractivity contribution in [2.24, 2.45) is 0 Å². The smallest absolute Gasteiger partial charge is 2.00 e. The average Bonchev–Trinajstić information content (AvgIpc) is 0. The van der Waals surface area contributed by atoms with Crippen molar-refractivity contribution < 1.29 is 53.6 Å². The Morgan fingerprint density at radius 3 is 0.714 bits per heavy atom. The van der Waals surface area contributed by atoms with Gasteiger partial charge in [-0.2, -0.15) is 0 Å². The summed E-state index contributed by atoms with van der Waals surface area (Å²) in [5.41, 5.74) is 0. The van der Waals surface area contributed by atoms with Crippen LogP contribution in [-0.4, -0.2) is 35.4 Å². The minimum atomic E-state index is 0. The summed E-state index contributed by atoms with van der Waals surface area (Å²) in [5.74, 6) is 0. The molecule has 0 bridgehead atoms. The van der Waals surface area contributed by atoms with Gasteiger partial charge >= 0.3 is 50.6 Å². The van der Waals surface area contributed by atoms with Gasteiger partial charge in [-0.1, -0.05) is 0 Å². The Morgan fingerprint density at radius 1 is 0.714 bits per heavy atom. The van der Waals surface area contributed by atoms with E-state index >= 15 is 0 Å². The van der Waals surface area contributed by atoms with Gasteiger partial charge in [0, 0.05) is 0 Å². The molecule has 0 unspecified atom stereocenters. The van der Waals surface area contributed by atoms with E-state index in [1.165, 1.54) is 0 Å². The van der Waals surface area contributed by atoms with Crippen LogP contribution in [-0.2, 0) is 42.6 Å². The van der Waals surface area contributed by atoms with Crippen molar-refractivity contribution in [3.63, 3.8) is 0 Å². The normalized spacial score (nSPS) is 0. The van der Waals surface area contributed by atoms with E-state index in [0.29, 0.717) is 0 Å². The van der Waals surface area contributed by atoms with Crippen molar-refractivity contribution in [3.8, 4) is 0 Å². The van der Waals surface area contributed by atoms with Gasteiger partial charge in [0.15, 0.2) is 0 Å². The van der Waals surface area contributed by atoms with Gasteiger partial charge in [0.25, 0.3) is 0 Å². The molecule has 0 heterocycles. The molecule has 7 heteroatoms. The van der Waals surface area contributed by atoms with Crippen molar-refractivity contribution in [1.82, 2.24) is 0 Å². The Hall–Kier alpha value is 1.50. The van der Waals surface area contributed by atoms with Gasteiger partial charge in [-0.3, -0.25) is 0 Å². The molecule has 0 aliphatic carbocycles. The Kier molecular flexibility index (Phi) is 4270. The fraction of sp³-hybridized carbons (Fsp3) is 0. The standard InChI is InChI=1S/2H2O.3O.Sb.Zr/h2*1H2;;;;;/q;;3*-2;+3;+4/p-1. The first-order chi connectivity index (χ1) is 0. The fourth-order valence-electron chi connectivity index (χ4n) is 0. The molecule has 5 nitrogen and oxygen atoms in total. The molecule has 7 heavy (non-hydrogen) atoms. The van der Waals surface area contributed by atoms with E-state index in [0.717, 1.165) is 0 Å². The van der Waals surface area contributed by atoms with Gasteiger partial charge in [0.05, 0.1) is 0 Å². The average molecular weight is 296 g/mol. The van der Waals surface area contributed by atoms with Crippen LogP contribution in [0, 0.1) is 0 Å². The van der Waals surface area contributed by atoms with Crippen LogP contribution in [0.25, 0.3) is 0 Å². The molecule has 0 amide bonds. The summed E-state index contributed by atoms with van der Waals surface area (Å²) in [6, 6.07) is 0. The van der Waals surface area contributed by atoms with E-state index in [4.69, 9.17) is 0 Å². The van der Waals surface area contributed by atoms with E-state index in [1.807, 2.05) is 0 Å². The van der Waals surface area contributed by atoms with Crippen molar-refractivity contribution in [2.45, 2.75) is 0 Å². The van der Waals surface area contributed by atoms with Crippen LogP contribution in [0.15, 0.2) is 0 Å². The Labute approximate surface area is 77.6 Å². The molecule has 0 saturated heterocycles. The summed E-state index contributed by atoms with van der Waals surface area (Å²) in [6.45, 7) is 0. The van der Waals surface area contributed by atoms with Gasteiger partial charge in [0.1, 0.15) is 0 Å². The molecule has 2 radical (unpaired) electrons. The van der Waals surface area contributed by atoms with Crippen molar-refractivity contribution >= 4 is 24.4 Å². The topological polar surface area (TPSA) is 147 Å². The molecule has 3 N–H and O–H groups in total. The first-order valence-corrected chi connectivity index (χ1v) is 0. The first kappa shape index (κ1) is 212. The molecule has 42 valence electrons. The maximum Gasteiger partial charge on any atom is 4.00 e. The van der Waals surface area contributed by atoms with Gasteiger partial charge in [-0.25, -0.2) is 0 Å². The number of hydrogen-bond donors (Lipinski definition) is 0. The molecule has 0 atom stereocenters. The molecule has 0 aliphatic rings. The van der Waals surface area contributed by atoms with Gasteiger partial charge in [-0.05, 0) is 0 Å². The van der Waals surface area contributed by atoms with Gasteiger partial charge in [-0.15, -0.1) is 0 Å². The Morgan fingerprint density at radius 2 is 0.714 bits per heavy atom. The molecule has 0 spiro atoms. The minimum Gasteiger partial charge on any atom is -2.00 e. The van der Waals surface area contributed by atoms with Crippen LogP contribution in [0.3, 0.4) is 0 Å². The van der Waals surface area contributed by atoms with Crippen LogP contribution >= 0.6 is 0 Å². The summed E-state index contributed by atoms with van der Waals surface area (Å²) < 4.78 is 0. The van der Waals surface area contributed by atoms with Crippen molar-refractivity contribution in [2.75, 3.05) is 0 Å². The fourth-order valence-corrected chi connectivity index (χ4v) is 0. The SMILES string of the molecule is O.[O-2].[O-2].[O-2].[OH-].[Sb+3].[Zr+4]. The van der Waals surface area contributed by atoms with Crippen molar-refractivity contribution in [1.29, 1.82) is 0 Å². The van der Waals surface area contributed by atoms with Crippen LogP contribution in [0.4, 0.5) is 0 Å². The molecular weight excluding hydrogens is 293 g/mol. The third-order valence-electron chi connectivity index (χ3n) is 0. The van der Waals surface area contributed by atoms with Crippen LogP contribution < -0.4 is 0 Å². The van der Waals surface area contributed by atoms with E-state index in [9.17, 15) is 0 Å². The molecular formula is H3O5SbZr. The second kappa shape index (κ2) is 141. The Balaban J connectivity index is 0. The summed E-state index contributed by atoms with van der Waals surface area (Å²) in [6.07, 6.45) is 0. The maximum absolute atomic E-state index is 0. The number of hydrogen-bond acceptors (Lipinski definition) is 1. The van der Waals surface area contributed by atoms with Crippen molar-refractivity contribution in [3.05, 3.63) is 0 Å². The van der Waals surface area contributed by atoms with Crippen LogP contribution in [0.2, 0.25) is 0 Å². The summed E-state index contributed by atoms with van der Waals surface area (Å²) in [5, 5.41) is 0. The maximum atomic E-state index is 0. The van der Waals surface area contributed by atoms with E-state index in [1.54, 1.807) is 0 Å². The first-order valence-electron chi connectivity index (χ1n) is 0. The summed E-state index contributed by atoms with van der Waals surface area (Å²) in [7, 11) is 0. The molecule has 0 rings (SSSR count). The zero-order valence-corrected chi connectivity index (χ0v) is 8.13. The summed E-state index contributed by atoms with van der Waals surface area (Å²) >= 11 is 0. The predicted octanol–water partition coefficient (Wildman–Crippen LogP) is -1.74. The zero-order valence-electron chi connectivity index (χ0n) is 3.12. The molecule has 0 fully saturated rings. The van der Waals surface area contributed by atoms with E-state index < -0.39 is 0 Å². The van der Waals surface area contributed by atoms with E-state index in [-0.39, 0.29) is 78.0 Å². The Bertz CT molecular complexity index is 8.04. The zero-order chi connectivity index (χ0) is 0. The predicted molar refractivity (Wildman–Crippen MR) is 13.4 cm³/mol. The molecule has 0 aromatic heterocycles.